The molecule has 2 aromatic rings. The Kier molecular flexibility index (Phi) is 5.70. The van der Waals surface area contributed by atoms with Crippen LogP contribution in [0, 0.1) is 19.8 Å². The first kappa shape index (κ1) is 18.2. The van der Waals surface area contributed by atoms with Crippen molar-refractivity contribution in [3.8, 4) is 0 Å². The Bertz CT molecular complexity index is 765. The molecule has 0 aliphatic carbocycles. The number of nitrogens with one attached hydrogen (secondary N) is 1. The van der Waals surface area contributed by atoms with Gasteiger partial charge in [-0.3, -0.25) is 19.0 Å². The molecular weight excluding hydrogens is 332 g/mol. The predicted octanol–water partition coefficient (Wildman–Crippen LogP) is 0.751. The molecule has 1 fully saturated rings. The van der Waals surface area contributed by atoms with E-state index in [1.54, 1.807) is 11.1 Å². The molecule has 1 aliphatic rings. The van der Waals surface area contributed by atoms with Crippen molar-refractivity contribution in [3.05, 3.63) is 35.9 Å². The van der Waals surface area contributed by atoms with Crippen molar-refractivity contribution in [1.29, 1.82) is 0 Å². The second-order valence-electron chi connectivity index (χ2n) is 6.78. The first-order chi connectivity index (χ1) is 12.5. The van der Waals surface area contributed by atoms with Crippen molar-refractivity contribution in [2.24, 2.45) is 5.92 Å². The van der Waals surface area contributed by atoms with Gasteiger partial charge in [-0.05, 0) is 32.4 Å². The van der Waals surface area contributed by atoms with Crippen LogP contribution in [-0.2, 0) is 22.7 Å². The lowest BCUT2D eigenvalue weighted by atomic mass is 10.1. The summed E-state index contributed by atoms with van der Waals surface area (Å²) in [5, 5.41) is 11.4. The molecule has 26 heavy (non-hydrogen) atoms. The molecule has 8 heteroatoms. The third-order valence-electron chi connectivity index (χ3n) is 4.79. The van der Waals surface area contributed by atoms with Gasteiger partial charge in [0.15, 0.2) is 0 Å². The third kappa shape index (κ3) is 4.50. The lowest BCUT2D eigenvalue weighted by Gasteiger charge is -2.17. The highest BCUT2D eigenvalue weighted by molar-refractivity contribution is 5.82. The Balaban J connectivity index is 1.38. The van der Waals surface area contributed by atoms with Gasteiger partial charge in [-0.1, -0.05) is 0 Å². The number of aryl methyl sites for hydroxylation is 3. The molecule has 1 saturated heterocycles. The average Bonchev–Trinajstić information content (AvgIpc) is 3.34. The first-order valence-corrected chi connectivity index (χ1v) is 9.07. The summed E-state index contributed by atoms with van der Waals surface area (Å²) in [7, 11) is 0. The highest BCUT2D eigenvalue weighted by Crippen LogP contribution is 2.17. The number of amides is 2. The van der Waals surface area contributed by atoms with Crippen LogP contribution in [0.5, 0.6) is 0 Å². The summed E-state index contributed by atoms with van der Waals surface area (Å²) in [5.74, 6) is -0.0148. The van der Waals surface area contributed by atoms with Crippen LogP contribution < -0.4 is 5.32 Å². The van der Waals surface area contributed by atoms with E-state index in [1.165, 1.54) is 0 Å². The van der Waals surface area contributed by atoms with Gasteiger partial charge in [0.2, 0.25) is 11.8 Å². The van der Waals surface area contributed by atoms with Crippen molar-refractivity contribution < 1.29 is 9.59 Å². The summed E-state index contributed by atoms with van der Waals surface area (Å²) >= 11 is 0. The van der Waals surface area contributed by atoms with Gasteiger partial charge in [-0.25, -0.2) is 0 Å². The smallest absolute Gasteiger partial charge is 0.225 e. The molecule has 0 saturated carbocycles. The fourth-order valence-corrected chi connectivity index (χ4v) is 3.22. The summed E-state index contributed by atoms with van der Waals surface area (Å²) in [4.78, 5) is 26.5. The predicted molar refractivity (Wildman–Crippen MR) is 96.2 cm³/mol. The number of aromatic nitrogens is 4. The molecule has 0 aromatic carbocycles. The fourth-order valence-electron chi connectivity index (χ4n) is 3.22. The van der Waals surface area contributed by atoms with Crippen LogP contribution >= 0.6 is 0 Å². The van der Waals surface area contributed by atoms with E-state index < -0.39 is 0 Å². The molecule has 3 rings (SSSR count). The first-order valence-electron chi connectivity index (χ1n) is 9.07. The molecule has 140 valence electrons. The Morgan fingerprint density at radius 1 is 1.27 bits per heavy atom. The molecule has 0 bridgehead atoms. The Labute approximate surface area is 153 Å². The largest absolute Gasteiger partial charge is 0.354 e. The van der Waals surface area contributed by atoms with Crippen LogP contribution in [0.2, 0.25) is 0 Å². The van der Waals surface area contributed by atoms with E-state index in [2.05, 4.69) is 15.5 Å². The normalized spacial score (nSPS) is 16.8. The summed E-state index contributed by atoms with van der Waals surface area (Å²) in [6.07, 6.45) is 4.77. The van der Waals surface area contributed by atoms with Crippen LogP contribution in [0.3, 0.4) is 0 Å². The van der Waals surface area contributed by atoms with E-state index in [0.717, 1.165) is 17.8 Å². The molecule has 8 nitrogen and oxygen atoms in total. The SMILES string of the molecule is Cc1ccn(CCNC(=O)C2CCN(C(=O)CCn3nccc3C)C2)n1. The minimum Gasteiger partial charge on any atom is -0.354 e. The Hall–Kier alpha value is -2.64. The zero-order valence-corrected chi connectivity index (χ0v) is 15.4. The van der Waals surface area contributed by atoms with Crippen LogP contribution in [-0.4, -0.2) is 55.9 Å². The number of hydrogen-bond donors (Lipinski definition) is 1. The maximum Gasteiger partial charge on any atom is 0.225 e. The number of hydrogen-bond acceptors (Lipinski definition) is 4. The number of nitrogens with zero attached hydrogens (tertiary/aromatic N) is 5. The van der Waals surface area contributed by atoms with Gasteiger partial charge in [0.1, 0.15) is 0 Å². The maximum absolute atomic E-state index is 12.4. The summed E-state index contributed by atoms with van der Waals surface area (Å²) in [6, 6.07) is 3.86. The minimum absolute atomic E-state index is 0.0205. The van der Waals surface area contributed by atoms with E-state index in [4.69, 9.17) is 0 Å². The number of rotatable bonds is 7. The monoisotopic (exact) mass is 358 g/mol. The van der Waals surface area contributed by atoms with Gasteiger partial charge in [-0.2, -0.15) is 10.2 Å². The summed E-state index contributed by atoms with van der Waals surface area (Å²) in [5.41, 5.74) is 2.01. The van der Waals surface area contributed by atoms with Crippen LogP contribution in [0.1, 0.15) is 24.2 Å². The molecule has 1 atom stereocenters. The lowest BCUT2D eigenvalue weighted by Crippen LogP contribution is -2.36. The van der Waals surface area contributed by atoms with Gasteiger partial charge in [0.25, 0.3) is 0 Å². The second kappa shape index (κ2) is 8.16. The molecule has 2 aromatic heterocycles. The van der Waals surface area contributed by atoms with Crippen LogP contribution in [0.4, 0.5) is 0 Å². The fraction of sp³-hybridized carbons (Fsp3) is 0.556. The number of carbonyl (C=O) groups excluding carboxylic acids is 2. The molecule has 2 amide bonds. The van der Waals surface area contributed by atoms with E-state index in [9.17, 15) is 9.59 Å². The zero-order valence-electron chi connectivity index (χ0n) is 15.4. The molecule has 0 spiro atoms. The summed E-state index contributed by atoms with van der Waals surface area (Å²) < 4.78 is 3.65. The lowest BCUT2D eigenvalue weighted by molar-refractivity contribution is -0.131. The minimum atomic E-state index is -0.121. The van der Waals surface area contributed by atoms with Gasteiger partial charge in [0.05, 0.1) is 18.2 Å². The average molecular weight is 358 g/mol. The Morgan fingerprint density at radius 3 is 2.81 bits per heavy atom. The van der Waals surface area contributed by atoms with Crippen molar-refractivity contribution >= 4 is 11.8 Å². The van der Waals surface area contributed by atoms with Crippen molar-refractivity contribution in [3.63, 3.8) is 0 Å². The third-order valence-corrected chi connectivity index (χ3v) is 4.79. The highest BCUT2D eigenvalue weighted by Gasteiger charge is 2.30. The summed E-state index contributed by atoms with van der Waals surface area (Å²) in [6.45, 7) is 6.83. The molecular formula is C18H26N6O2. The molecule has 1 aliphatic heterocycles. The van der Waals surface area contributed by atoms with Gasteiger partial charge < -0.3 is 10.2 Å². The quantitative estimate of drug-likeness (QED) is 0.792. The molecule has 3 heterocycles. The zero-order chi connectivity index (χ0) is 18.5. The van der Waals surface area contributed by atoms with E-state index in [0.29, 0.717) is 39.1 Å². The maximum atomic E-state index is 12.4. The van der Waals surface area contributed by atoms with Crippen molar-refractivity contribution in [1.82, 2.24) is 29.8 Å². The topological polar surface area (TPSA) is 85.0 Å². The van der Waals surface area contributed by atoms with Crippen LogP contribution in [0.25, 0.3) is 0 Å². The molecule has 0 radical (unpaired) electrons. The van der Waals surface area contributed by atoms with E-state index >= 15 is 0 Å². The van der Waals surface area contributed by atoms with E-state index in [1.807, 2.05) is 41.5 Å². The van der Waals surface area contributed by atoms with Gasteiger partial charge in [-0.15, -0.1) is 0 Å². The number of likely N-dealkylation sites (tertiary alicyclic amines) is 1. The number of carbonyl (C=O) groups is 2. The van der Waals surface area contributed by atoms with Crippen LogP contribution in [0.15, 0.2) is 24.5 Å². The molecule has 1 N–H and O–H groups in total. The van der Waals surface area contributed by atoms with Crippen molar-refractivity contribution in [2.75, 3.05) is 19.6 Å². The Morgan fingerprint density at radius 2 is 2.12 bits per heavy atom. The molecule has 1 unspecified atom stereocenters. The van der Waals surface area contributed by atoms with Gasteiger partial charge >= 0.3 is 0 Å². The van der Waals surface area contributed by atoms with Crippen molar-refractivity contribution in [2.45, 2.75) is 39.8 Å². The highest BCUT2D eigenvalue weighted by atomic mass is 16.2. The van der Waals surface area contributed by atoms with E-state index in [-0.39, 0.29) is 17.7 Å². The second-order valence-corrected chi connectivity index (χ2v) is 6.78. The van der Waals surface area contributed by atoms with Gasteiger partial charge in [0, 0.05) is 50.7 Å². The standard InChI is InChI=1S/C18H26N6O2/c1-14-4-10-23(21-14)12-8-19-18(26)16-5-9-22(13-16)17(25)6-11-24-15(2)3-7-20-24/h3-4,7,10,16H,5-6,8-9,11-13H2,1-2H3,(H,19,26).